The van der Waals surface area contributed by atoms with Gasteiger partial charge in [-0.15, -0.1) is 0 Å². The van der Waals surface area contributed by atoms with Crippen LogP contribution in [-0.2, 0) is 14.3 Å². The molecule has 0 amide bonds. The van der Waals surface area contributed by atoms with Crippen LogP contribution in [0.3, 0.4) is 0 Å². The van der Waals surface area contributed by atoms with E-state index in [1.165, 1.54) is 36.4 Å². The van der Waals surface area contributed by atoms with Crippen molar-refractivity contribution in [2.75, 3.05) is 0 Å². The van der Waals surface area contributed by atoms with E-state index in [9.17, 15) is 19.1 Å². The van der Waals surface area contributed by atoms with E-state index < -0.39 is 23.7 Å². The maximum atomic E-state index is 13.3. The molecule has 0 saturated heterocycles. The highest BCUT2D eigenvalue weighted by molar-refractivity contribution is 6.14. The molecular formula is C15H9FO4. The van der Waals surface area contributed by atoms with E-state index in [1.807, 2.05) is 0 Å². The molecule has 4 nitrogen and oxygen atoms in total. The fraction of sp³-hybridized carbons (Fsp3) is 0.0667. The van der Waals surface area contributed by atoms with Crippen molar-refractivity contribution >= 4 is 11.8 Å². The van der Waals surface area contributed by atoms with Gasteiger partial charge in [0.1, 0.15) is 11.6 Å². The zero-order valence-corrected chi connectivity index (χ0v) is 10.2. The van der Waals surface area contributed by atoms with E-state index >= 15 is 0 Å². The minimum Gasteiger partial charge on any atom is -0.480 e. The number of ketones is 1. The number of allylic oxidation sites excluding steroid dienone is 4. The second-order valence-corrected chi connectivity index (χ2v) is 4.40. The van der Waals surface area contributed by atoms with Gasteiger partial charge in [-0.3, -0.25) is 4.79 Å². The molecular weight excluding hydrogens is 263 g/mol. The Kier molecular flexibility index (Phi) is 2.75. The zero-order chi connectivity index (χ0) is 14.3. The van der Waals surface area contributed by atoms with Crippen molar-refractivity contribution in [3.8, 4) is 0 Å². The van der Waals surface area contributed by atoms with Gasteiger partial charge < -0.3 is 9.84 Å². The number of ether oxygens (including phenoxy) is 1. The van der Waals surface area contributed by atoms with E-state index in [-0.39, 0.29) is 16.9 Å². The summed E-state index contributed by atoms with van der Waals surface area (Å²) in [6, 6.07) is 5.48. The highest BCUT2D eigenvalue weighted by Gasteiger charge is 2.39. The third-order valence-corrected chi connectivity index (χ3v) is 3.15. The molecule has 1 aliphatic carbocycles. The molecule has 1 N–H and O–H groups in total. The maximum Gasteiger partial charge on any atom is 0.336 e. The minimum atomic E-state index is -1.25. The number of fused-ring (bicyclic) bond motifs is 1. The number of rotatable bonds is 2. The SMILES string of the molecule is O=C(O)C1=C2C(=O)C=CC=C2OC1c1cccc(F)c1. The smallest absolute Gasteiger partial charge is 0.336 e. The number of hydrogen-bond acceptors (Lipinski definition) is 3. The van der Waals surface area contributed by atoms with Gasteiger partial charge in [0.25, 0.3) is 0 Å². The first kappa shape index (κ1) is 12.3. The van der Waals surface area contributed by atoms with E-state index in [4.69, 9.17) is 4.74 Å². The average molecular weight is 272 g/mol. The molecule has 1 aromatic rings. The molecule has 0 saturated carbocycles. The van der Waals surface area contributed by atoms with Crippen LogP contribution in [0.15, 0.2) is 59.4 Å². The van der Waals surface area contributed by atoms with Crippen LogP contribution in [0.2, 0.25) is 0 Å². The largest absolute Gasteiger partial charge is 0.480 e. The minimum absolute atomic E-state index is 0.0364. The Hall–Kier alpha value is -2.69. The van der Waals surface area contributed by atoms with E-state index in [1.54, 1.807) is 6.07 Å². The van der Waals surface area contributed by atoms with Gasteiger partial charge in [0.05, 0.1) is 11.1 Å². The summed E-state index contributed by atoms with van der Waals surface area (Å²) >= 11 is 0. The Morgan fingerprint density at radius 2 is 2.15 bits per heavy atom. The van der Waals surface area contributed by atoms with Crippen molar-refractivity contribution in [3.05, 3.63) is 70.8 Å². The predicted octanol–water partition coefficient (Wildman–Crippen LogP) is 2.30. The molecule has 100 valence electrons. The summed E-state index contributed by atoms with van der Waals surface area (Å²) < 4.78 is 18.8. The topological polar surface area (TPSA) is 63.6 Å². The Labute approximate surface area is 113 Å². The summed E-state index contributed by atoms with van der Waals surface area (Å²) in [4.78, 5) is 23.3. The van der Waals surface area contributed by atoms with Gasteiger partial charge in [-0.1, -0.05) is 18.2 Å². The third-order valence-electron chi connectivity index (χ3n) is 3.15. The first-order valence-electron chi connectivity index (χ1n) is 5.90. The highest BCUT2D eigenvalue weighted by atomic mass is 19.1. The summed E-state index contributed by atoms with van der Waals surface area (Å²) in [6.07, 6.45) is 3.32. The van der Waals surface area contributed by atoms with Crippen LogP contribution in [0.25, 0.3) is 0 Å². The van der Waals surface area contributed by atoms with Crippen LogP contribution < -0.4 is 0 Å². The number of carboxylic acids is 1. The molecule has 1 unspecified atom stereocenters. The van der Waals surface area contributed by atoms with Crippen molar-refractivity contribution < 1.29 is 23.8 Å². The maximum absolute atomic E-state index is 13.3. The molecule has 3 rings (SSSR count). The lowest BCUT2D eigenvalue weighted by Crippen LogP contribution is -2.12. The molecule has 1 atom stereocenters. The van der Waals surface area contributed by atoms with Crippen molar-refractivity contribution in [2.45, 2.75) is 6.10 Å². The molecule has 5 heteroatoms. The Morgan fingerprint density at radius 1 is 1.35 bits per heavy atom. The number of benzene rings is 1. The monoisotopic (exact) mass is 272 g/mol. The number of carbonyl (C=O) groups is 2. The third kappa shape index (κ3) is 1.84. The zero-order valence-electron chi connectivity index (χ0n) is 10.2. The molecule has 0 aromatic heterocycles. The summed E-state index contributed by atoms with van der Waals surface area (Å²) in [5.41, 5.74) is 0.239. The van der Waals surface area contributed by atoms with Crippen LogP contribution in [0.5, 0.6) is 0 Å². The van der Waals surface area contributed by atoms with Crippen LogP contribution in [0, 0.1) is 5.82 Å². The molecule has 0 bridgehead atoms. The van der Waals surface area contributed by atoms with Gasteiger partial charge in [-0.05, 0) is 24.3 Å². The number of carbonyl (C=O) groups excluding carboxylic acids is 1. The standard InChI is InChI=1S/C15H9FO4/c16-9-4-1-3-8(7-9)14-13(15(18)19)12-10(17)5-2-6-11(12)20-14/h1-7,14H,(H,18,19). The molecule has 1 heterocycles. The van der Waals surface area contributed by atoms with Crippen molar-refractivity contribution in [3.63, 3.8) is 0 Å². The lowest BCUT2D eigenvalue weighted by atomic mass is 9.95. The van der Waals surface area contributed by atoms with Crippen molar-refractivity contribution in [1.29, 1.82) is 0 Å². The predicted molar refractivity (Wildman–Crippen MR) is 67.1 cm³/mol. The van der Waals surface area contributed by atoms with Gasteiger partial charge in [0.15, 0.2) is 11.9 Å². The molecule has 2 aliphatic rings. The molecule has 0 fully saturated rings. The Morgan fingerprint density at radius 3 is 2.85 bits per heavy atom. The number of hydrogen-bond donors (Lipinski definition) is 1. The van der Waals surface area contributed by atoms with Gasteiger partial charge in [-0.25, -0.2) is 9.18 Å². The van der Waals surface area contributed by atoms with Gasteiger partial charge in [0, 0.05) is 5.56 Å². The Bertz CT molecular complexity index is 712. The quantitative estimate of drug-likeness (QED) is 0.897. The second kappa shape index (κ2) is 4.45. The highest BCUT2D eigenvalue weighted by Crippen LogP contribution is 2.42. The van der Waals surface area contributed by atoms with E-state index in [0.717, 1.165) is 0 Å². The number of halogens is 1. The summed E-state index contributed by atoms with van der Waals surface area (Å²) in [5, 5.41) is 9.34. The fourth-order valence-electron chi connectivity index (χ4n) is 2.32. The summed E-state index contributed by atoms with van der Waals surface area (Å²) in [7, 11) is 0. The van der Waals surface area contributed by atoms with Crippen LogP contribution >= 0.6 is 0 Å². The summed E-state index contributed by atoms with van der Waals surface area (Å²) in [5.74, 6) is -1.95. The lowest BCUT2D eigenvalue weighted by Gasteiger charge is -2.13. The lowest BCUT2D eigenvalue weighted by molar-refractivity contribution is -0.133. The first-order valence-corrected chi connectivity index (χ1v) is 5.90. The van der Waals surface area contributed by atoms with Crippen molar-refractivity contribution in [1.82, 2.24) is 0 Å². The van der Waals surface area contributed by atoms with Gasteiger partial charge in [-0.2, -0.15) is 0 Å². The van der Waals surface area contributed by atoms with Crippen LogP contribution in [-0.4, -0.2) is 16.9 Å². The number of carboxylic acid groups (broad SMARTS) is 1. The molecule has 0 radical (unpaired) electrons. The van der Waals surface area contributed by atoms with E-state index in [0.29, 0.717) is 5.56 Å². The summed E-state index contributed by atoms with van der Waals surface area (Å²) in [6.45, 7) is 0. The number of aliphatic carboxylic acids is 1. The second-order valence-electron chi connectivity index (χ2n) is 4.40. The fourth-order valence-corrected chi connectivity index (χ4v) is 2.32. The van der Waals surface area contributed by atoms with Gasteiger partial charge in [0.2, 0.25) is 0 Å². The van der Waals surface area contributed by atoms with Crippen molar-refractivity contribution in [2.24, 2.45) is 0 Å². The van der Waals surface area contributed by atoms with Crippen LogP contribution in [0.4, 0.5) is 4.39 Å². The molecule has 20 heavy (non-hydrogen) atoms. The normalized spacial score (nSPS) is 20.6. The average Bonchev–Trinajstić information content (AvgIpc) is 2.79. The van der Waals surface area contributed by atoms with Gasteiger partial charge >= 0.3 is 5.97 Å². The molecule has 0 spiro atoms. The molecule has 1 aliphatic heterocycles. The Balaban J connectivity index is 2.15. The van der Waals surface area contributed by atoms with Crippen LogP contribution in [0.1, 0.15) is 11.7 Å². The first-order chi connectivity index (χ1) is 9.58. The van der Waals surface area contributed by atoms with E-state index in [2.05, 4.69) is 0 Å². The molecule has 1 aromatic carbocycles.